The smallest absolute Gasteiger partial charge is 0.239 e. The number of aromatic nitrogens is 1. The van der Waals surface area contributed by atoms with E-state index >= 15 is 0 Å². The van der Waals surface area contributed by atoms with Crippen LogP contribution in [0.4, 0.5) is 14.5 Å². The Morgan fingerprint density at radius 3 is 2.56 bits per heavy atom. The maximum Gasteiger partial charge on any atom is 0.239 e. The molecule has 1 heterocycles. The number of anilines is 1. The lowest BCUT2D eigenvalue weighted by Gasteiger charge is -2.31. The Bertz CT molecular complexity index is 456. The van der Waals surface area contributed by atoms with Gasteiger partial charge in [0.1, 0.15) is 0 Å². The van der Waals surface area contributed by atoms with Crippen LogP contribution in [0.2, 0.25) is 0 Å². The van der Waals surface area contributed by atoms with Crippen molar-refractivity contribution in [1.82, 2.24) is 4.98 Å². The third-order valence-corrected chi connectivity index (χ3v) is 3.57. The Hall–Kier alpha value is -1.52. The highest BCUT2D eigenvalue weighted by atomic mass is 19.1. The van der Waals surface area contributed by atoms with E-state index in [4.69, 9.17) is 0 Å². The summed E-state index contributed by atoms with van der Waals surface area (Å²) in [5.74, 6) is -2.09. The van der Waals surface area contributed by atoms with Gasteiger partial charge in [0, 0.05) is 5.41 Å². The van der Waals surface area contributed by atoms with E-state index in [1.165, 1.54) is 6.07 Å². The van der Waals surface area contributed by atoms with Crippen molar-refractivity contribution < 1.29 is 13.6 Å². The first kappa shape index (κ1) is 12.9. The quantitative estimate of drug-likeness (QED) is 0.823. The molecule has 0 unspecified atom stereocenters. The van der Waals surface area contributed by atoms with E-state index in [1.54, 1.807) is 0 Å². The number of halogens is 2. The number of nitrogens with zero attached hydrogens (tertiary/aromatic N) is 1. The van der Waals surface area contributed by atoms with Gasteiger partial charge >= 0.3 is 0 Å². The Kier molecular flexibility index (Phi) is 3.59. The van der Waals surface area contributed by atoms with Crippen LogP contribution in [0.3, 0.4) is 0 Å². The maximum atomic E-state index is 13.3. The van der Waals surface area contributed by atoms with Crippen LogP contribution in [-0.4, -0.2) is 10.9 Å². The Balaban J connectivity index is 2.11. The van der Waals surface area contributed by atoms with Crippen LogP contribution < -0.4 is 5.32 Å². The second-order valence-corrected chi connectivity index (χ2v) is 5.05. The fourth-order valence-corrected chi connectivity index (χ4v) is 2.34. The summed E-state index contributed by atoms with van der Waals surface area (Å²) in [5.41, 5.74) is -0.521. The summed E-state index contributed by atoms with van der Waals surface area (Å²) in [4.78, 5) is 15.2. The second kappa shape index (κ2) is 5.00. The van der Waals surface area contributed by atoms with E-state index in [0.29, 0.717) is 0 Å². The second-order valence-electron chi connectivity index (χ2n) is 5.05. The minimum Gasteiger partial charge on any atom is -0.322 e. The molecule has 1 amide bonds. The highest BCUT2D eigenvalue weighted by Gasteiger charge is 2.34. The van der Waals surface area contributed by atoms with E-state index in [9.17, 15) is 13.6 Å². The first-order chi connectivity index (χ1) is 8.51. The first-order valence-electron chi connectivity index (χ1n) is 6.15. The number of hydrogen-bond donors (Lipinski definition) is 1. The molecule has 18 heavy (non-hydrogen) atoms. The van der Waals surface area contributed by atoms with Crippen LogP contribution >= 0.6 is 0 Å². The predicted octanol–water partition coefficient (Wildman–Crippen LogP) is 3.27. The first-order valence-corrected chi connectivity index (χ1v) is 6.15. The minimum absolute atomic E-state index is 0.0619. The highest BCUT2D eigenvalue weighted by Crippen LogP contribution is 2.36. The van der Waals surface area contributed by atoms with Crippen LogP contribution in [0.25, 0.3) is 0 Å². The number of rotatable bonds is 2. The number of hydrogen-bond acceptors (Lipinski definition) is 2. The van der Waals surface area contributed by atoms with Gasteiger partial charge in [0.05, 0.1) is 5.69 Å². The standard InChI is InChI=1S/C13H16F2N2O/c1-13(7-3-2-4-8-13)12(18)16-9-5-6-10(14)17-11(9)15/h5-6H,2-4,7-8H2,1H3,(H,16,18). The summed E-state index contributed by atoms with van der Waals surface area (Å²) in [6.07, 6.45) is 4.75. The van der Waals surface area contributed by atoms with Crippen molar-refractivity contribution in [3.8, 4) is 0 Å². The molecule has 1 saturated carbocycles. The van der Waals surface area contributed by atoms with Crippen LogP contribution in [0.1, 0.15) is 39.0 Å². The number of amides is 1. The van der Waals surface area contributed by atoms with Crippen molar-refractivity contribution in [3.05, 3.63) is 24.0 Å². The van der Waals surface area contributed by atoms with E-state index in [-0.39, 0.29) is 11.6 Å². The normalized spacial score (nSPS) is 18.4. The molecule has 0 radical (unpaired) electrons. The Labute approximate surface area is 105 Å². The molecule has 5 heteroatoms. The Morgan fingerprint density at radius 2 is 1.94 bits per heavy atom. The monoisotopic (exact) mass is 254 g/mol. The molecule has 2 rings (SSSR count). The molecule has 1 aliphatic rings. The molecule has 3 nitrogen and oxygen atoms in total. The van der Waals surface area contributed by atoms with Crippen molar-refractivity contribution in [2.24, 2.45) is 5.41 Å². The summed E-state index contributed by atoms with van der Waals surface area (Å²) < 4.78 is 26.0. The van der Waals surface area contributed by atoms with Gasteiger partial charge in [-0.05, 0) is 25.0 Å². The SMILES string of the molecule is CC1(C(=O)Nc2ccc(F)nc2F)CCCCC1. The van der Waals surface area contributed by atoms with E-state index in [2.05, 4.69) is 10.3 Å². The average Bonchev–Trinajstić information content (AvgIpc) is 2.33. The number of carbonyl (C=O) groups excluding carboxylic acids is 1. The van der Waals surface area contributed by atoms with Crippen molar-refractivity contribution in [2.45, 2.75) is 39.0 Å². The summed E-state index contributed by atoms with van der Waals surface area (Å²) in [5, 5.41) is 2.50. The molecule has 0 spiro atoms. The molecule has 0 aliphatic heterocycles. The van der Waals surface area contributed by atoms with Gasteiger partial charge in [-0.3, -0.25) is 4.79 Å². The van der Waals surface area contributed by atoms with Gasteiger partial charge in [-0.15, -0.1) is 0 Å². The molecular weight excluding hydrogens is 238 g/mol. The lowest BCUT2D eigenvalue weighted by molar-refractivity contribution is -0.126. The van der Waals surface area contributed by atoms with Crippen LogP contribution in [-0.2, 0) is 4.79 Å². The van der Waals surface area contributed by atoms with Gasteiger partial charge in [-0.1, -0.05) is 26.2 Å². The summed E-state index contributed by atoms with van der Waals surface area (Å²) in [6, 6.07) is 2.23. The van der Waals surface area contributed by atoms with Crippen molar-refractivity contribution >= 4 is 11.6 Å². The lowest BCUT2D eigenvalue weighted by Crippen LogP contribution is -2.35. The Morgan fingerprint density at radius 1 is 1.28 bits per heavy atom. The molecule has 0 atom stereocenters. The summed E-state index contributed by atoms with van der Waals surface area (Å²) in [7, 11) is 0. The molecule has 0 aromatic carbocycles. The molecule has 0 saturated heterocycles. The zero-order chi connectivity index (χ0) is 13.2. The highest BCUT2D eigenvalue weighted by molar-refractivity contribution is 5.95. The molecule has 1 aromatic heterocycles. The number of carbonyl (C=O) groups is 1. The van der Waals surface area contributed by atoms with E-state index in [0.717, 1.165) is 38.2 Å². The lowest BCUT2D eigenvalue weighted by atomic mass is 9.75. The topological polar surface area (TPSA) is 42.0 Å². The maximum absolute atomic E-state index is 13.3. The zero-order valence-electron chi connectivity index (χ0n) is 10.3. The molecule has 1 fully saturated rings. The zero-order valence-corrected chi connectivity index (χ0v) is 10.3. The van der Waals surface area contributed by atoms with Crippen LogP contribution in [0.5, 0.6) is 0 Å². The largest absolute Gasteiger partial charge is 0.322 e. The van der Waals surface area contributed by atoms with Gasteiger partial charge < -0.3 is 5.32 Å². The number of pyridine rings is 1. The summed E-state index contributed by atoms with van der Waals surface area (Å²) >= 11 is 0. The van der Waals surface area contributed by atoms with Crippen molar-refractivity contribution in [2.75, 3.05) is 5.32 Å². The molecule has 98 valence electrons. The third-order valence-electron chi connectivity index (χ3n) is 3.57. The van der Waals surface area contributed by atoms with E-state index < -0.39 is 17.3 Å². The van der Waals surface area contributed by atoms with Crippen LogP contribution in [0.15, 0.2) is 12.1 Å². The molecule has 0 bridgehead atoms. The minimum atomic E-state index is -0.984. The molecule has 1 aromatic rings. The van der Waals surface area contributed by atoms with Crippen molar-refractivity contribution in [3.63, 3.8) is 0 Å². The molecule has 1 aliphatic carbocycles. The molecule has 1 N–H and O–H groups in total. The predicted molar refractivity (Wildman–Crippen MR) is 64.0 cm³/mol. The molecular formula is C13H16F2N2O. The van der Waals surface area contributed by atoms with Gasteiger partial charge in [-0.2, -0.15) is 13.8 Å². The van der Waals surface area contributed by atoms with Gasteiger partial charge in [0.2, 0.25) is 17.8 Å². The van der Waals surface area contributed by atoms with Crippen LogP contribution in [0, 0.1) is 17.3 Å². The average molecular weight is 254 g/mol. The third kappa shape index (κ3) is 2.66. The summed E-state index contributed by atoms with van der Waals surface area (Å²) in [6.45, 7) is 1.89. The van der Waals surface area contributed by atoms with Crippen molar-refractivity contribution in [1.29, 1.82) is 0 Å². The van der Waals surface area contributed by atoms with Gasteiger partial charge in [0.25, 0.3) is 0 Å². The fourth-order valence-electron chi connectivity index (χ4n) is 2.34. The number of nitrogens with one attached hydrogen (secondary N) is 1. The van der Waals surface area contributed by atoms with E-state index in [1.807, 2.05) is 6.92 Å². The van der Waals surface area contributed by atoms with Gasteiger partial charge in [0.15, 0.2) is 0 Å². The van der Waals surface area contributed by atoms with Gasteiger partial charge in [-0.25, -0.2) is 0 Å². The fraction of sp³-hybridized carbons (Fsp3) is 0.538.